The summed E-state index contributed by atoms with van der Waals surface area (Å²) < 4.78 is 0. The first-order valence-electron chi connectivity index (χ1n) is 4.36. The summed E-state index contributed by atoms with van der Waals surface area (Å²) in [5.74, 6) is -0.269. The predicted octanol–water partition coefficient (Wildman–Crippen LogP) is 2.06. The van der Waals surface area contributed by atoms with Crippen molar-refractivity contribution in [3.05, 3.63) is 42.7 Å². The van der Waals surface area contributed by atoms with Gasteiger partial charge in [-0.05, 0) is 6.07 Å². The molecule has 74 valence electrons. The molecule has 2 heterocycles. The minimum Gasteiger partial charge on any atom is -0.278 e. The lowest BCUT2D eigenvalue weighted by atomic mass is 10.3. The number of benzene rings is 1. The van der Waals surface area contributed by atoms with Gasteiger partial charge in [0.15, 0.2) is 0 Å². The fraction of sp³-hybridized carbons (Fsp3) is 0. The molecule has 0 unspecified atom stereocenters. The minimum atomic E-state index is -0.269. The fourth-order valence-electron chi connectivity index (χ4n) is 1.10. The first kappa shape index (κ1) is 9.26. The number of para-hydroxylation sites is 1. The second-order valence-electron chi connectivity index (χ2n) is 2.83. The molecule has 5 nitrogen and oxygen atoms in total. The topological polar surface area (TPSA) is 70.5 Å². The summed E-state index contributed by atoms with van der Waals surface area (Å²) in [5.41, 5.74) is 1.09. The first-order chi connectivity index (χ1) is 7.36. The molecular formula is C10H8N4O. The quantitative estimate of drug-likeness (QED) is 0.707. The molecule has 1 aliphatic heterocycles. The zero-order valence-corrected chi connectivity index (χ0v) is 7.79. The molecule has 5 heteroatoms. The SMILES string of the molecule is O=C1C=CN=N1.c1ccc2[nH]ncc2c1. The number of carbonyl (C=O) groups is 1. The molecule has 0 bridgehead atoms. The molecular weight excluding hydrogens is 192 g/mol. The Morgan fingerprint density at radius 1 is 1.20 bits per heavy atom. The van der Waals surface area contributed by atoms with Crippen molar-refractivity contribution in [2.75, 3.05) is 0 Å². The van der Waals surface area contributed by atoms with Crippen LogP contribution >= 0.6 is 0 Å². The molecule has 1 N–H and O–H groups in total. The lowest BCUT2D eigenvalue weighted by Gasteiger charge is -1.81. The van der Waals surface area contributed by atoms with Crippen LogP contribution in [0, 0.1) is 0 Å². The number of hydrogen-bond acceptors (Lipinski definition) is 3. The van der Waals surface area contributed by atoms with Crippen molar-refractivity contribution in [3.63, 3.8) is 0 Å². The van der Waals surface area contributed by atoms with E-state index in [4.69, 9.17) is 0 Å². The van der Waals surface area contributed by atoms with E-state index in [2.05, 4.69) is 20.4 Å². The van der Waals surface area contributed by atoms with E-state index < -0.39 is 0 Å². The van der Waals surface area contributed by atoms with Crippen molar-refractivity contribution >= 4 is 16.8 Å². The molecule has 0 radical (unpaired) electrons. The van der Waals surface area contributed by atoms with Crippen LogP contribution in [0.15, 0.2) is 53.0 Å². The van der Waals surface area contributed by atoms with E-state index in [-0.39, 0.29) is 5.91 Å². The van der Waals surface area contributed by atoms with Gasteiger partial charge in [-0.25, -0.2) is 0 Å². The molecule has 15 heavy (non-hydrogen) atoms. The molecule has 0 atom stereocenters. The number of nitrogens with one attached hydrogen (secondary N) is 1. The number of rotatable bonds is 0. The third kappa shape index (κ3) is 2.34. The van der Waals surface area contributed by atoms with E-state index in [0.717, 1.165) is 10.9 Å². The number of hydrogen-bond donors (Lipinski definition) is 1. The van der Waals surface area contributed by atoms with Gasteiger partial charge in [-0.3, -0.25) is 9.89 Å². The van der Waals surface area contributed by atoms with E-state index in [1.165, 1.54) is 12.3 Å². The molecule has 2 aromatic rings. The number of aromatic amines is 1. The minimum absolute atomic E-state index is 0.269. The van der Waals surface area contributed by atoms with Crippen LogP contribution in [-0.2, 0) is 4.79 Å². The van der Waals surface area contributed by atoms with Crippen LogP contribution in [0.4, 0.5) is 0 Å². The van der Waals surface area contributed by atoms with Gasteiger partial charge in [0.1, 0.15) is 0 Å². The lowest BCUT2D eigenvalue weighted by Crippen LogP contribution is -1.74. The predicted molar refractivity (Wildman–Crippen MR) is 55.1 cm³/mol. The Kier molecular flexibility index (Phi) is 2.64. The van der Waals surface area contributed by atoms with E-state index in [1.807, 2.05) is 30.5 Å². The van der Waals surface area contributed by atoms with Crippen molar-refractivity contribution in [2.45, 2.75) is 0 Å². The molecule has 0 saturated heterocycles. The molecule has 1 aromatic heterocycles. The molecule has 0 saturated carbocycles. The maximum Gasteiger partial charge on any atom is 0.289 e. The zero-order valence-electron chi connectivity index (χ0n) is 7.79. The van der Waals surface area contributed by atoms with Gasteiger partial charge in [0.25, 0.3) is 5.91 Å². The van der Waals surface area contributed by atoms with Gasteiger partial charge >= 0.3 is 0 Å². The van der Waals surface area contributed by atoms with Crippen LogP contribution < -0.4 is 0 Å². The van der Waals surface area contributed by atoms with Gasteiger partial charge in [0.05, 0.1) is 17.9 Å². The Labute approximate surface area is 85.5 Å². The van der Waals surface area contributed by atoms with Crippen molar-refractivity contribution in [1.29, 1.82) is 0 Å². The van der Waals surface area contributed by atoms with Gasteiger partial charge < -0.3 is 0 Å². The summed E-state index contributed by atoms with van der Waals surface area (Å²) in [6.45, 7) is 0. The largest absolute Gasteiger partial charge is 0.289 e. The van der Waals surface area contributed by atoms with Crippen LogP contribution in [0.2, 0.25) is 0 Å². The molecule has 0 aliphatic carbocycles. The van der Waals surface area contributed by atoms with Crippen molar-refractivity contribution in [1.82, 2.24) is 10.2 Å². The van der Waals surface area contributed by atoms with E-state index in [1.54, 1.807) is 0 Å². The maximum absolute atomic E-state index is 9.90. The van der Waals surface area contributed by atoms with E-state index in [0.29, 0.717) is 0 Å². The Bertz CT molecular complexity index is 483. The van der Waals surface area contributed by atoms with E-state index in [9.17, 15) is 4.79 Å². The van der Waals surface area contributed by atoms with Gasteiger partial charge in [0, 0.05) is 11.5 Å². The number of carbonyl (C=O) groups excluding carboxylic acids is 1. The van der Waals surface area contributed by atoms with Crippen LogP contribution in [0.1, 0.15) is 0 Å². The summed E-state index contributed by atoms with van der Waals surface area (Å²) in [6.07, 6.45) is 4.48. The monoisotopic (exact) mass is 200 g/mol. The average Bonchev–Trinajstić information content (AvgIpc) is 2.88. The van der Waals surface area contributed by atoms with Gasteiger partial charge in [-0.1, -0.05) is 18.2 Å². The normalized spacial score (nSPS) is 12.9. The van der Waals surface area contributed by atoms with Crippen molar-refractivity contribution < 1.29 is 4.79 Å². The second-order valence-corrected chi connectivity index (χ2v) is 2.83. The van der Waals surface area contributed by atoms with Gasteiger partial charge in [-0.2, -0.15) is 10.2 Å². The Morgan fingerprint density at radius 2 is 2.07 bits per heavy atom. The van der Waals surface area contributed by atoms with Crippen LogP contribution in [0.5, 0.6) is 0 Å². The highest BCUT2D eigenvalue weighted by molar-refractivity contribution is 5.89. The molecule has 1 amide bonds. The number of nitrogens with zero attached hydrogens (tertiary/aromatic N) is 3. The number of H-pyrrole nitrogens is 1. The fourth-order valence-corrected chi connectivity index (χ4v) is 1.10. The Balaban J connectivity index is 0.000000124. The number of fused-ring (bicyclic) bond motifs is 1. The summed E-state index contributed by atoms with van der Waals surface area (Å²) in [4.78, 5) is 9.90. The molecule has 1 aliphatic rings. The highest BCUT2D eigenvalue weighted by Gasteiger charge is 1.92. The first-order valence-corrected chi connectivity index (χ1v) is 4.36. The summed E-state index contributed by atoms with van der Waals surface area (Å²) >= 11 is 0. The van der Waals surface area contributed by atoms with Gasteiger partial charge in [-0.15, -0.1) is 5.11 Å². The lowest BCUT2D eigenvalue weighted by molar-refractivity contribution is -0.113. The Morgan fingerprint density at radius 3 is 2.67 bits per heavy atom. The number of aromatic nitrogens is 2. The van der Waals surface area contributed by atoms with Gasteiger partial charge in [0.2, 0.25) is 0 Å². The second kappa shape index (κ2) is 4.28. The molecule has 0 fully saturated rings. The third-order valence-corrected chi connectivity index (χ3v) is 1.79. The number of azo groups is 1. The van der Waals surface area contributed by atoms with E-state index >= 15 is 0 Å². The third-order valence-electron chi connectivity index (χ3n) is 1.79. The Hall–Kier alpha value is -2.30. The maximum atomic E-state index is 9.90. The average molecular weight is 200 g/mol. The van der Waals surface area contributed by atoms with Crippen LogP contribution in [0.3, 0.4) is 0 Å². The van der Waals surface area contributed by atoms with Crippen LogP contribution in [0.25, 0.3) is 10.9 Å². The molecule has 3 rings (SSSR count). The number of amides is 1. The molecule has 1 aromatic carbocycles. The zero-order chi connectivity index (χ0) is 10.5. The summed E-state index contributed by atoms with van der Waals surface area (Å²) in [6, 6.07) is 8.01. The smallest absolute Gasteiger partial charge is 0.278 e. The standard InChI is InChI=1S/C7H6N2.C3H2N2O/c1-2-4-7-6(3-1)5-8-9-7;6-3-1-2-4-5-3/h1-5H,(H,8,9);1-2H. The van der Waals surface area contributed by atoms with Crippen molar-refractivity contribution in [2.24, 2.45) is 10.2 Å². The highest BCUT2D eigenvalue weighted by atomic mass is 16.1. The van der Waals surface area contributed by atoms with Crippen molar-refractivity contribution in [3.8, 4) is 0 Å². The highest BCUT2D eigenvalue weighted by Crippen LogP contribution is 2.06. The summed E-state index contributed by atoms with van der Waals surface area (Å²) in [5, 5.41) is 14.3. The molecule has 0 spiro atoms. The van der Waals surface area contributed by atoms with Crippen LogP contribution in [-0.4, -0.2) is 16.1 Å². The summed E-state index contributed by atoms with van der Waals surface area (Å²) in [7, 11) is 0.